The average Bonchev–Trinajstić information content (AvgIpc) is 3.28. The fourth-order valence-corrected chi connectivity index (χ4v) is 5.23. The van der Waals surface area contributed by atoms with Crippen LogP contribution in [0.25, 0.3) is 11.0 Å². The second-order valence-electron chi connectivity index (χ2n) is 10.4. The molecule has 0 saturated carbocycles. The van der Waals surface area contributed by atoms with Gasteiger partial charge in [-0.1, -0.05) is 41.9 Å². The molecular weight excluding hydrogens is 600 g/mol. The number of nitrogens with zero attached hydrogens (tertiary/aromatic N) is 1. The maximum atomic E-state index is 13.1. The smallest absolute Gasteiger partial charge is 0.379 e. The lowest BCUT2D eigenvalue weighted by Gasteiger charge is -2.27. The zero-order valence-corrected chi connectivity index (χ0v) is 25.4. The second kappa shape index (κ2) is 12.2. The lowest BCUT2D eigenvalue weighted by Crippen LogP contribution is -2.21. The molecule has 1 unspecified atom stereocenters. The van der Waals surface area contributed by atoms with E-state index in [2.05, 4.69) is 35.8 Å². The summed E-state index contributed by atoms with van der Waals surface area (Å²) in [5.41, 5.74) is 9.24. The first-order valence-corrected chi connectivity index (χ1v) is 14.5. The maximum Gasteiger partial charge on any atom is 0.379 e. The number of nitriles is 1. The number of allylic oxidation sites excluding steroid dienone is 1. The van der Waals surface area contributed by atoms with Gasteiger partial charge in [-0.2, -0.15) is 5.26 Å². The predicted octanol–water partition coefficient (Wildman–Crippen LogP) is 7.76. The highest BCUT2D eigenvalue weighted by molar-refractivity contribution is 9.10. The molecule has 0 saturated heterocycles. The van der Waals surface area contributed by atoms with Crippen molar-refractivity contribution in [3.8, 4) is 29.1 Å². The van der Waals surface area contributed by atoms with Gasteiger partial charge in [0.1, 0.15) is 28.7 Å². The molecule has 2 heterocycles. The Morgan fingerprint density at radius 1 is 1.10 bits per heavy atom. The van der Waals surface area contributed by atoms with E-state index >= 15 is 0 Å². The summed E-state index contributed by atoms with van der Waals surface area (Å²) in [5.74, 6) is 1.29. The van der Waals surface area contributed by atoms with Crippen molar-refractivity contribution in [2.75, 3.05) is 13.2 Å². The minimum atomic E-state index is -0.636. The highest BCUT2D eigenvalue weighted by atomic mass is 79.9. The van der Waals surface area contributed by atoms with E-state index in [0.29, 0.717) is 53.1 Å². The zero-order valence-electron chi connectivity index (χ0n) is 23.8. The molecule has 8 nitrogen and oxygen atoms in total. The Morgan fingerprint density at radius 3 is 2.64 bits per heavy atom. The third-order valence-electron chi connectivity index (χ3n) is 7.04. The third kappa shape index (κ3) is 5.81. The van der Waals surface area contributed by atoms with Gasteiger partial charge in [0.2, 0.25) is 11.6 Å². The number of hydrogen-bond donors (Lipinski definition) is 1. The number of ether oxygens (including phenoxy) is 4. The largest absolute Gasteiger partial charge is 0.490 e. The van der Waals surface area contributed by atoms with Crippen molar-refractivity contribution in [3.05, 3.63) is 93.0 Å². The highest BCUT2D eigenvalue weighted by Crippen LogP contribution is 2.45. The molecular formula is C33H31BrN2O6. The molecule has 0 aliphatic carbocycles. The van der Waals surface area contributed by atoms with Gasteiger partial charge in [-0.05, 0) is 68.1 Å². The second-order valence-corrected chi connectivity index (χ2v) is 11.3. The van der Waals surface area contributed by atoms with E-state index in [1.165, 1.54) is 0 Å². The summed E-state index contributed by atoms with van der Waals surface area (Å²) in [5, 5.41) is 10.8. The van der Waals surface area contributed by atoms with Crippen LogP contribution in [-0.2, 0) is 0 Å². The van der Waals surface area contributed by atoms with Crippen LogP contribution >= 0.6 is 15.9 Å². The fraction of sp³-hybridized carbons (Fsp3) is 0.273. The first kappa shape index (κ1) is 29.1. The lowest BCUT2D eigenvalue weighted by atomic mass is 9.83. The van der Waals surface area contributed by atoms with E-state index in [9.17, 15) is 10.1 Å². The van der Waals surface area contributed by atoms with Gasteiger partial charge in [-0.15, -0.1) is 0 Å². The minimum absolute atomic E-state index is 0.0209. The van der Waals surface area contributed by atoms with Crippen LogP contribution in [0.5, 0.6) is 23.0 Å². The van der Waals surface area contributed by atoms with Crippen molar-refractivity contribution >= 4 is 32.9 Å². The molecule has 5 rings (SSSR count). The van der Waals surface area contributed by atoms with E-state index in [4.69, 9.17) is 29.1 Å². The summed E-state index contributed by atoms with van der Waals surface area (Å²) in [6.07, 6.45) is 0.916. The molecule has 42 heavy (non-hydrogen) atoms. The maximum absolute atomic E-state index is 13.1. The van der Waals surface area contributed by atoms with E-state index in [1.54, 1.807) is 24.3 Å². The normalized spacial score (nSPS) is 14.4. The van der Waals surface area contributed by atoms with Gasteiger partial charge in [-0.25, -0.2) is 4.79 Å². The summed E-state index contributed by atoms with van der Waals surface area (Å²) in [4.78, 5) is 13.1. The van der Waals surface area contributed by atoms with Gasteiger partial charge in [0.15, 0.2) is 11.5 Å². The third-order valence-corrected chi connectivity index (χ3v) is 7.53. The van der Waals surface area contributed by atoms with E-state index < -0.39 is 11.9 Å². The molecule has 0 bridgehead atoms. The standard InChI is InChI=1S/C33H31BrN2O6/c1-5-38-29-14-20(6-11-26(29)39-13-12-18(2)3)30-24-10-8-22(16-28(24)42-32(36)25(30)17-35)40-33(37)31-19(4)23-9-7-21(34)15-27(23)41-31/h6-11,14-16,18,30H,5,12-13,36H2,1-4H3. The van der Waals surface area contributed by atoms with Gasteiger partial charge >= 0.3 is 5.97 Å². The molecule has 2 N–H and O–H groups in total. The Hall–Kier alpha value is -4.42. The number of carbonyl (C=O) groups is 1. The topological polar surface area (TPSA) is 117 Å². The lowest BCUT2D eigenvalue weighted by molar-refractivity contribution is 0.0702. The number of rotatable bonds is 9. The molecule has 1 aliphatic heterocycles. The van der Waals surface area contributed by atoms with Gasteiger partial charge < -0.3 is 29.1 Å². The number of nitrogens with two attached hydrogens (primary N) is 1. The van der Waals surface area contributed by atoms with Crippen LogP contribution in [0, 0.1) is 24.2 Å². The van der Waals surface area contributed by atoms with Crippen LogP contribution < -0.4 is 24.7 Å². The van der Waals surface area contributed by atoms with Crippen molar-refractivity contribution in [2.24, 2.45) is 11.7 Å². The molecule has 9 heteroatoms. The van der Waals surface area contributed by atoms with Crippen molar-refractivity contribution in [3.63, 3.8) is 0 Å². The summed E-state index contributed by atoms with van der Waals surface area (Å²) < 4.78 is 30.1. The molecule has 0 spiro atoms. The van der Waals surface area contributed by atoms with E-state index in [0.717, 1.165) is 21.8 Å². The molecule has 0 radical (unpaired) electrons. The molecule has 1 atom stereocenters. The molecule has 3 aromatic carbocycles. The molecule has 0 fully saturated rings. The molecule has 1 aromatic heterocycles. The molecule has 1 aliphatic rings. The van der Waals surface area contributed by atoms with Crippen molar-refractivity contribution < 1.29 is 28.2 Å². The van der Waals surface area contributed by atoms with Crippen LogP contribution in [0.3, 0.4) is 0 Å². The Kier molecular flexibility index (Phi) is 8.46. The van der Waals surface area contributed by atoms with Crippen molar-refractivity contribution in [1.29, 1.82) is 5.26 Å². The Morgan fingerprint density at radius 2 is 1.90 bits per heavy atom. The number of furan rings is 1. The minimum Gasteiger partial charge on any atom is -0.490 e. The van der Waals surface area contributed by atoms with Crippen LogP contribution in [-0.4, -0.2) is 19.2 Å². The Bertz CT molecular complexity index is 1730. The first-order chi connectivity index (χ1) is 20.2. The van der Waals surface area contributed by atoms with Gasteiger partial charge in [-0.3, -0.25) is 0 Å². The number of hydrogen-bond acceptors (Lipinski definition) is 8. The first-order valence-electron chi connectivity index (χ1n) is 13.7. The predicted molar refractivity (Wildman–Crippen MR) is 162 cm³/mol. The summed E-state index contributed by atoms with van der Waals surface area (Å²) in [6.45, 7) is 9.02. The van der Waals surface area contributed by atoms with Gasteiger partial charge in [0, 0.05) is 27.1 Å². The average molecular weight is 632 g/mol. The SMILES string of the molecule is CCOc1cc(C2C(C#N)=C(N)Oc3cc(OC(=O)c4oc5cc(Br)ccc5c4C)ccc32)ccc1OCCC(C)C. The quantitative estimate of drug-likeness (QED) is 0.147. The van der Waals surface area contributed by atoms with E-state index in [-0.39, 0.29) is 23.0 Å². The van der Waals surface area contributed by atoms with Crippen LogP contribution in [0.1, 0.15) is 60.4 Å². The molecule has 4 aromatic rings. The fourth-order valence-electron chi connectivity index (χ4n) is 4.89. The number of carbonyl (C=O) groups excluding carboxylic acids is 1. The van der Waals surface area contributed by atoms with E-state index in [1.807, 2.05) is 44.2 Å². The number of benzene rings is 3. The van der Waals surface area contributed by atoms with Crippen molar-refractivity contribution in [1.82, 2.24) is 0 Å². The summed E-state index contributed by atoms with van der Waals surface area (Å²) >= 11 is 3.42. The summed E-state index contributed by atoms with van der Waals surface area (Å²) in [7, 11) is 0. The number of fused-ring (bicyclic) bond motifs is 2. The molecule has 0 amide bonds. The zero-order chi connectivity index (χ0) is 30.0. The number of esters is 1. The van der Waals surface area contributed by atoms with Crippen LogP contribution in [0.15, 0.2) is 74.9 Å². The Labute approximate surface area is 252 Å². The van der Waals surface area contributed by atoms with Gasteiger partial charge in [0.25, 0.3) is 0 Å². The monoisotopic (exact) mass is 630 g/mol. The van der Waals surface area contributed by atoms with Gasteiger partial charge in [0.05, 0.1) is 19.1 Å². The van der Waals surface area contributed by atoms with Crippen LogP contribution in [0.2, 0.25) is 0 Å². The number of halogens is 1. The highest BCUT2D eigenvalue weighted by Gasteiger charge is 2.32. The Balaban J connectivity index is 1.45. The summed E-state index contributed by atoms with van der Waals surface area (Å²) in [6, 6.07) is 18.4. The van der Waals surface area contributed by atoms with Crippen LogP contribution in [0.4, 0.5) is 0 Å². The number of aryl methyl sites for hydroxylation is 1. The molecule has 216 valence electrons. The van der Waals surface area contributed by atoms with Crippen molar-refractivity contribution in [2.45, 2.75) is 40.0 Å².